The molecule has 1 aromatic carbocycles. The van der Waals surface area contributed by atoms with Gasteiger partial charge in [0, 0.05) is 17.3 Å². The van der Waals surface area contributed by atoms with Gasteiger partial charge in [-0.3, -0.25) is 0 Å². The van der Waals surface area contributed by atoms with Crippen molar-refractivity contribution in [3.8, 4) is 0 Å². The second-order valence-corrected chi connectivity index (χ2v) is 7.84. The predicted molar refractivity (Wildman–Crippen MR) is 89.6 cm³/mol. The first-order valence-corrected chi connectivity index (χ1v) is 8.24. The first-order chi connectivity index (χ1) is 9.36. The maximum Gasteiger partial charge on any atom is 0.0455 e. The SMILES string of the molecule is Cc1ccc(NCC2CCC(C(C)(C)C)CC2)cc1Cl. The number of hydrogen-bond donors (Lipinski definition) is 1. The Morgan fingerprint density at radius 2 is 1.80 bits per heavy atom. The van der Waals surface area contributed by atoms with Crippen LogP contribution < -0.4 is 5.32 Å². The highest BCUT2D eigenvalue weighted by atomic mass is 35.5. The average molecular weight is 294 g/mol. The third-order valence-corrected chi connectivity index (χ3v) is 5.25. The minimum Gasteiger partial charge on any atom is -0.385 e. The summed E-state index contributed by atoms with van der Waals surface area (Å²) in [4.78, 5) is 0. The highest BCUT2D eigenvalue weighted by molar-refractivity contribution is 6.31. The number of aryl methyl sites for hydroxylation is 1. The van der Waals surface area contributed by atoms with Crippen LogP contribution in [0.25, 0.3) is 0 Å². The Morgan fingerprint density at radius 1 is 1.15 bits per heavy atom. The van der Waals surface area contributed by atoms with E-state index in [9.17, 15) is 0 Å². The molecule has 2 heteroatoms. The van der Waals surface area contributed by atoms with Gasteiger partial charge in [-0.2, -0.15) is 0 Å². The van der Waals surface area contributed by atoms with Crippen molar-refractivity contribution < 1.29 is 0 Å². The summed E-state index contributed by atoms with van der Waals surface area (Å²) in [6.45, 7) is 10.3. The lowest BCUT2D eigenvalue weighted by Gasteiger charge is -2.37. The summed E-state index contributed by atoms with van der Waals surface area (Å²) in [5.74, 6) is 1.71. The highest BCUT2D eigenvalue weighted by Gasteiger charge is 2.29. The quantitative estimate of drug-likeness (QED) is 0.730. The molecule has 1 nitrogen and oxygen atoms in total. The molecule has 0 aromatic heterocycles. The first kappa shape index (κ1) is 15.7. The molecule has 1 saturated carbocycles. The molecule has 0 heterocycles. The Morgan fingerprint density at radius 3 is 2.35 bits per heavy atom. The molecular formula is C18H28ClN. The third kappa shape index (κ3) is 4.15. The maximum atomic E-state index is 6.16. The molecule has 0 aliphatic heterocycles. The molecule has 0 spiro atoms. The lowest BCUT2D eigenvalue weighted by Crippen LogP contribution is -2.28. The third-order valence-electron chi connectivity index (χ3n) is 4.84. The van der Waals surface area contributed by atoms with Crippen molar-refractivity contribution in [1.82, 2.24) is 0 Å². The molecule has 0 atom stereocenters. The van der Waals surface area contributed by atoms with Gasteiger partial charge in [-0.15, -0.1) is 0 Å². The summed E-state index contributed by atoms with van der Waals surface area (Å²) < 4.78 is 0. The minimum atomic E-state index is 0.475. The van der Waals surface area contributed by atoms with Gasteiger partial charge in [-0.25, -0.2) is 0 Å². The smallest absolute Gasteiger partial charge is 0.0455 e. The van der Waals surface area contributed by atoms with Crippen LogP contribution in [-0.4, -0.2) is 6.54 Å². The molecule has 0 saturated heterocycles. The number of nitrogens with one attached hydrogen (secondary N) is 1. The van der Waals surface area contributed by atoms with Crippen LogP contribution in [0.2, 0.25) is 5.02 Å². The van der Waals surface area contributed by atoms with Gasteiger partial charge in [0.15, 0.2) is 0 Å². The standard InChI is InChI=1S/C18H28ClN/c1-13-5-10-16(11-17(13)19)20-12-14-6-8-15(9-7-14)18(2,3)4/h5,10-11,14-15,20H,6-9,12H2,1-4H3. The van der Waals surface area contributed by atoms with E-state index in [4.69, 9.17) is 11.6 Å². The largest absolute Gasteiger partial charge is 0.385 e. The van der Waals surface area contributed by atoms with Crippen molar-refractivity contribution in [3.63, 3.8) is 0 Å². The fraction of sp³-hybridized carbons (Fsp3) is 0.667. The van der Waals surface area contributed by atoms with Crippen molar-refractivity contribution in [2.24, 2.45) is 17.3 Å². The van der Waals surface area contributed by atoms with Gasteiger partial charge in [0.25, 0.3) is 0 Å². The molecule has 1 N–H and O–H groups in total. The van der Waals surface area contributed by atoms with Crippen LogP contribution in [-0.2, 0) is 0 Å². The summed E-state index contributed by atoms with van der Waals surface area (Å²) >= 11 is 6.16. The molecule has 0 bridgehead atoms. The van der Waals surface area contributed by atoms with Crippen LogP contribution in [0.5, 0.6) is 0 Å². The second kappa shape index (κ2) is 6.39. The topological polar surface area (TPSA) is 12.0 Å². The van der Waals surface area contributed by atoms with Gasteiger partial charge in [0.05, 0.1) is 0 Å². The van der Waals surface area contributed by atoms with Crippen molar-refractivity contribution in [2.45, 2.75) is 53.4 Å². The summed E-state index contributed by atoms with van der Waals surface area (Å²) in [5.41, 5.74) is 2.77. The summed E-state index contributed by atoms with van der Waals surface area (Å²) in [5, 5.41) is 4.40. The van der Waals surface area contributed by atoms with Crippen molar-refractivity contribution in [1.29, 1.82) is 0 Å². The summed E-state index contributed by atoms with van der Waals surface area (Å²) in [6, 6.07) is 6.25. The molecule has 1 aliphatic carbocycles. The van der Waals surface area contributed by atoms with Crippen LogP contribution in [0.3, 0.4) is 0 Å². The lowest BCUT2D eigenvalue weighted by atomic mass is 9.70. The van der Waals surface area contributed by atoms with Gasteiger partial charge < -0.3 is 5.32 Å². The van der Waals surface area contributed by atoms with E-state index in [1.54, 1.807) is 0 Å². The molecule has 1 aromatic rings. The Balaban J connectivity index is 1.80. The Bertz CT molecular complexity index is 439. The number of anilines is 1. The summed E-state index contributed by atoms with van der Waals surface area (Å²) in [7, 11) is 0. The van der Waals surface area contributed by atoms with E-state index in [0.717, 1.165) is 34.7 Å². The van der Waals surface area contributed by atoms with E-state index in [2.05, 4.69) is 38.2 Å². The maximum absolute atomic E-state index is 6.16. The summed E-state index contributed by atoms with van der Waals surface area (Å²) in [6.07, 6.45) is 5.47. The number of benzene rings is 1. The van der Waals surface area contributed by atoms with Crippen molar-refractivity contribution in [3.05, 3.63) is 28.8 Å². The van der Waals surface area contributed by atoms with Crippen LogP contribution in [0, 0.1) is 24.2 Å². The molecule has 112 valence electrons. The van der Waals surface area contributed by atoms with Gasteiger partial charge in [-0.1, -0.05) is 38.4 Å². The number of halogens is 1. The fourth-order valence-corrected chi connectivity index (χ4v) is 3.38. The minimum absolute atomic E-state index is 0.475. The molecule has 0 radical (unpaired) electrons. The van der Waals surface area contributed by atoms with Gasteiger partial charge in [0.1, 0.15) is 0 Å². The zero-order valence-electron chi connectivity index (χ0n) is 13.3. The molecule has 1 aliphatic rings. The number of hydrogen-bond acceptors (Lipinski definition) is 1. The monoisotopic (exact) mass is 293 g/mol. The highest BCUT2D eigenvalue weighted by Crippen LogP contribution is 2.39. The lowest BCUT2D eigenvalue weighted by molar-refractivity contribution is 0.153. The predicted octanol–water partition coefficient (Wildman–Crippen LogP) is 5.91. The fourth-order valence-electron chi connectivity index (χ4n) is 3.20. The van der Waals surface area contributed by atoms with Crippen LogP contribution in [0.4, 0.5) is 5.69 Å². The van der Waals surface area contributed by atoms with Gasteiger partial charge in [-0.05, 0) is 67.6 Å². The molecule has 1 fully saturated rings. The zero-order valence-corrected chi connectivity index (χ0v) is 14.1. The number of rotatable bonds is 3. The molecule has 0 amide bonds. The van der Waals surface area contributed by atoms with E-state index < -0.39 is 0 Å². The molecule has 20 heavy (non-hydrogen) atoms. The zero-order chi connectivity index (χ0) is 14.8. The van der Waals surface area contributed by atoms with Crippen molar-refractivity contribution >= 4 is 17.3 Å². The van der Waals surface area contributed by atoms with Crippen LogP contribution >= 0.6 is 11.6 Å². The molecule has 2 rings (SSSR count). The normalized spacial score (nSPS) is 23.6. The van der Waals surface area contributed by atoms with Crippen LogP contribution in [0.15, 0.2) is 18.2 Å². The second-order valence-electron chi connectivity index (χ2n) is 7.43. The first-order valence-electron chi connectivity index (χ1n) is 7.86. The van der Waals surface area contributed by atoms with E-state index in [0.29, 0.717) is 5.41 Å². The van der Waals surface area contributed by atoms with E-state index in [1.807, 2.05) is 13.0 Å². The van der Waals surface area contributed by atoms with E-state index in [-0.39, 0.29) is 0 Å². The molecular weight excluding hydrogens is 266 g/mol. The Kier molecular flexibility index (Phi) is 5.01. The van der Waals surface area contributed by atoms with E-state index >= 15 is 0 Å². The Labute approximate surface area is 129 Å². The average Bonchev–Trinajstić information content (AvgIpc) is 2.40. The van der Waals surface area contributed by atoms with Crippen LogP contribution in [0.1, 0.15) is 52.0 Å². The van der Waals surface area contributed by atoms with Crippen molar-refractivity contribution in [2.75, 3.05) is 11.9 Å². The van der Waals surface area contributed by atoms with Gasteiger partial charge >= 0.3 is 0 Å². The Hall–Kier alpha value is -0.690. The molecule has 0 unspecified atom stereocenters. The van der Waals surface area contributed by atoms with E-state index in [1.165, 1.54) is 25.7 Å². The van der Waals surface area contributed by atoms with Gasteiger partial charge in [0.2, 0.25) is 0 Å².